The van der Waals surface area contributed by atoms with E-state index in [1.54, 1.807) is 11.3 Å². The second-order valence-electron chi connectivity index (χ2n) is 5.91. The lowest BCUT2D eigenvalue weighted by molar-refractivity contribution is 0.0877. The van der Waals surface area contributed by atoms with Gasteiger partial charge in [-0.3, -0.25) is 0 Å². The van der Waals surface area contributed by atoms with Crippen LogP contribution in [-0.4, -0.2) is 40.6 Å². The van der Waals surface area contributed by atoms with Crippen LogP contribution in [-0.2, 0) is 11.8 Å². The fourth-order valence-electron chi connectivity index (χ4n) is 2.84. The van der Waals surface area contributed by atoms with Gasteiger partial charge in [0.2, 0.25) is 0 Å². The van der Waals surface area contributed by atoms with Gasteiger partial charge in [-0.15, -0.1) is 0 Å². The van der Waals surface area contributed by atoms with Gasteiger partial charge in [-0.1, -0.05) is 25.2 Å². The molecule has 2 aromatic heterocycles. The molecule has 0 bridgehead atoms. The highest BCUT2D eigenvalue weighted by Crippen LogP contribution is 2.33. The number of thiazole rings is 1. The number of anilines is 1. The maximum absolute atomic E-state index is 5.66. The molecule has 1 atom stereocenters. The molecule has 0 spiro atoms. The second-order valence-corrected chi connectivity index (χ2v) is 6.89. The van der Waals surface area contributed by atoms with E-state index >= 15 is 0 Å². The van der Waals surface area contributed by atoms with Crippen molar-refractivity contribution in [3.63, 3.8) is 0 Å². The van der Waals surface area contributed by atoms with Gasteiger partial charge >= 0.3 is 0 Å². The van der Waals surface area contributed by atoms with E-state index < -0.39 is 0 Å². The van der Waals surface area contributed by atoms with Gasteiger partial charge < -0.3 is 9.64 Å². The Kier molecular flexibility index (Phi) is 3.69. The molecule has 0 amide bonds. The molecule has 0 aromatic carbocycles. The lowest BCUT2D eigenvalue weighted by atomic mass is 10.0. The molecule has 1 saturated heterocycles. The van der Waals surface area contributed by atoms with Gasteiger partial charge in [-0.05, 0) is 19.3 Å². The predicted molar refractivity (Wildman–Crippen MR) is 82.5 cm³/mol. The summed E-state index contributed by atoms with van der Waals surface area (Å²) in [6.07, 6.45) is 1.15. The van der Waals surface area contributed by atoms with Gasteiger partial charge in [-0.25, -0.2) is 9.67 Å². The van der Waals surface area contributed by atoms with Gasteiger partial charge in [0.15, 0.2) is 10.8 Å². The molecule has 1 aliphatic rings. The van der Waals surface area contributed by atoms with Crippen molar-refractivity contribution in [3.05, 3.63) is 5.69 Å². The van der Waals surface area contributed by atoms with Crippen LogP contribution in [0.25, 0.3) is 10.3 Å². The molecule has 1 fully saturated rings. The zero-order valence-corrected chi connectivity index (χ0v) is 13.4. The molecule has 0 aliphatic carbocycles. The van der Waals surface area contributed by atoms with Crippen molar-refractivity contribution in [1.82, 2.24) is 14.8 Å². The SMILES string of the molecule is Cc1nn(C)c2nc(N3CCOC[C@H]3CC(C)C)sc12. The maximum atomic E-state index is 5.66. The summed E-state index contributed by atoms with van der Waals surface area (Å²) in [6.45, 7) is 9.12. The minimum absolute atomic E-state index is 0.442. The summed E-state index contributed by atoms with van der Waals surface area (Å²) in [7, 11) is 1.96. The van der Waals surface area contributed by atoms with E-state index in [1.807, 2.05) is 11.7 Å². The van der Waals surface area contributed by atoms with Crippen LogP contribution < -0.4 is 4.90 Å². The molecule has 20 heavy (non-hydrogen) atoms. The van der Waals surface area contributed by atoms with Crippen molar-refractivity contribution in [2.24, 2.45) is 13.0 Å². The highest BCUT2D eigenvalue weighted by Gasteiger charge is 2.27. The van der Waals surface area contributed by atoms with E-state index in [2.05, 4.69) is 30.8 Å². The molecule has 3 rings (SSSR count). The molecule has 2 aromatic rings. The number of ether oxygens (including phenoxy) is 1. The van der Waals surface area contributed by atoms with Gasteiger partial charge in [0.25, 0.3) is 0 Å². The number of aryl methyl sites for hydroxylation is 2. The second kappa shape index (κ2) is 5.33. The Morgan fingerprint density at radius 2 is 2.25 bits per heavy atom. The van der Waals surface area contributed by atoms with Crippen molar-refractivity contribution in [1.29, 1.82) is 0 Å². The third-order valence-electron chi connectivity index (χ3n) is 3.75. The first kappa shape index (κ1) is 13.8. The zero-order valence-electron chi connectivity index (χ0n) is 12.6. The Balaban J connectivity index is 1.93. The highest BCUT2D eigenvalue weighted by atomic mass is 32.1. The van der Waals surface area contributed by atoms with Crippen molar-refractivity contribution < 1.29 is 4.74 Å². The van der Waals surface area contributed by atoms with Crippen LogP contribution >= 0.6 is 11.3 Å². The Hall–Kier alpha value is -1.14. The predicted octanol–water partition coefficient (Wildman–Crippen LogP) is 2.59. The van der Waals surface area contributed by atoms with Gasteiger partial charge in [0, 0.05) is 13.6 Å². The quantitative estimate of drug-likeness (QED) is 0.872. The Bertz CT molecular complexity index is 569. The highest BCUT2D eigenvalue weighted by molar-refractivity contribution is 7.22. The number of rotatable bonds is 3. The number of nitrogens with zero attached hydrogens (tertiary/aromatic N) is 4. The van der Waals surface area contributed by atoms with E-state index in [0.29, 0.717) is 12.0 Å². The van der Waals surface area contributed by atoms with E-state index in [4.69, 9.17) is 9.72 Å². The maximum Gasteiger partial charge on any atom is 0.188 e. The molecule has 0 unspecified atom stereocenters. The Morgan fingerprint density at radius 3 is 2.95 bits per heavy atom. The van der Waals surface area contributed by atoms with E-state index in [0.717, 1.165) is 42.7 Å². The molecular formula is C14H22N4OS. The van der Waals surface area contributed by atoms with Crippen molar-refractivity contribution >= 4 is 26.8 Å². The van der Waals surface area contributed by atoms with E-state index in [-0.39, 0.29) is 0 Å². The molecule has 1 aliphatic heterocycles. The molecular weight excluding hydrogens is 272 g/mol. The third-order valence-corrected chi connectivity index (χ3v) is 4.94. The average Bonchev–Trinajstić information content (AvgIpc) is 2.92. The summed E-state index contributed by atoms with van der Waals surface area (Å²) >= 11 is 1.76. The molecule has 3 heterocycles. The topological polar surface area (TPSA) is 43.2 Å². The van der Waals surface area contributed by atoms with Crippen LogP contribution in [0.2, 0.25) is 0 Å². The van der Waals surface area contributed by atoms with Gasteiger partial charge in [-0.2, -0.15) is 5.10 Å². The summed E-state index contributed by atoms with van der Waals surface area (Å²) in [4.78, 5) is 7.23. The van der Waals surface area contributed by atoms with E-state index in [9.17, 15) is 0 Å². The third kappa shape index (κ3) is 2.42. The lowest BCUT2D eigenvalue weighted by Gasteiger charge is -2.36. The van der Waals surface area contributed by atoms with Gasteiger partial charge in [0.1, 0.15) is 0 Å². The fraction of sp³-hybridized carbons (Fsp3) is 0.714. The molecule has 5 nitrogen and oxygen atoms in total. The van der Waals surface area contributed by atoms with Crippen LogP contribution in [0.15, 0.2) is 0 Å². The standard InChI is InChI=1S/C14H22N4OS/c1-9(2)7-11-8-19-6-5-18(11)14-15-13-12(20-14)10(3)16-17(13)4/h9,11H,5-8H2,1-4H3/t11-/m1/s1. The smallest absolute Gasteiger partial charge is 0.188 e. The van der Waals surface area contributed by atoms with Crippen molar-refractivity contribution in [2.45, 2.75) is 33.2 Å². The monoisotopic (exact) mass is 294 g/mol. The summed E-state index contributed by atoms with van der Waals surface area (Å²) in [5.74, 6) is 0.669. The number of fused-ring (bicyclic) bond motifs is 1. The zero-order chi connectivity index (χ0) is 14.3. The normalized spacial score (nSPS) is 20.2. The minimum atomic E-state index is 0.442. The van der Waals surface area contributed by atoms with Gasteiger partial charge in [0.05, 0.1) is 29.6 Å². The minimum Gasteiger partial charge on any atom is -0.377 e. The van der Waals surface area contributed by atoms with Crippen LogP contribution in [0.1, 0.15) is 26.0 Å². The first-order valence-electron chi connectivity index (χ1n) is 7.20. The number of hydrogen-bond acceptors (Lipinski definition) is 5. The van der Waals surface area contributed by atoms with Crippen molar-refractivity contribution in [2.75, 3.05) is 24.7 Å². The summed E-state index contributed by atoms with van der Waals surface area (Å²) in [5.41, 5.74) is 2.07. The van der Waals surface area contributed by atoms with Crippen LogP contribution in [0.4, 0.5) is 5.13 Å². The summed E-state index contributed by atoms with van der Waals surface area (Å²) < 4.78 is 8.74. The van der Waals surface area contributed by atoms with E-state index in [1.165, 1.54) is 4.70 Å². The number of hydrogen-bond donors (Lipinski definition) is 0. The molecule has 0 radical (unpaired) electrons. The molecule has 110 valence electrons. The summed E-state index contributed by atoms with van der Waals surface area (Å²) in [5, 5.41) is 5.54. The van der Waals surface area contributed by atoms with Crippen LogP contribution in [0.5, 0.6) is 0 Å². The number of aromatic nitrogens is 3. The van der Waals surface area contributed by atoms with Crippen LogP contribution in [0.3, 0.4) is 0 Å². The summed E-state index contributed by atoms with van der Waals surface area (Å²) in [6, 6.07) is 0.442. The average molecular weight is 294 g/mol. The molecule has 6 heteroatoms. The first-order valence-corrected chi connectivity index (χ1v) is 8.02. The first-order chi connectivity index (χ1) is 9.56. The largest absolute Gasteiger partial charge is 0.377 e. The molecule has 0 N–H and O–H groups in total. The number of morpholine rings is 1. The molecule has 0 saturated carbocycles. The fourth-order valence-corrected chi connectivity index (χ4v) is 3.97. The van der Waals surface area contributed by atoms with Crippen LogP contribution in [0, 0.1) is 12.8 Å². The Labute approximate surface area is 123 Å². The lowest BCUT2D eigenvalue weighted by Crippen LogP contribution is -2.46. The van der Waals surface area contributed by atoms with Crippen molar-refractivity contribution in [3.8, 4) is 0 Å². The Morgan fingerprint density at radius 1 is 1.45 bits per heavy atom.